The van der Waals surface area contributed by atoms with Crippen molar-refractivity contribution >= 4 is 29.2 Å². The van der Waals surface area contributed by atoms with Gasteiger partial charge in [-0.2, -0.15) is 0 Å². The summed E-state index contributed by atoms with van der Waals surface area (Å²) in [6.45, 7) is 3.53. The topological polar surface area (TPSA) is 35.5 Å². The van der Waals surface area contributed by atoms with Crippen molar-refractivity contribution in [3.8, 4) is 11.5 Å². The molecular weight excluding hydrogens is 311 g/mol. The van der Waals surface area contributed by atoms with Crippen molar-refractivity contribution in [1.82, 2.24) is 0 Å². The SMILES string of the molecule is Cc1cc(OCC(=O)Oc2ccc(Cl)c(C)c2)ccc1Cl. The summed E-state index contributed by atoms with van der Waals surface area (Å²) < 4.78 is 10.5. The van der Waals surface area contributed by atoms with E-state index in [9.17, 15) is 4.79 Å². The lowest BCUT2D eigenvalue weighted by Gasteiger charge is -2.08. The summed E-state index contributed by atoms with van der Waals surface area (Å²) in [6.07, 6.45) is 0. The van der Waals surface area contributed by atoms with Crippen molar-refractivity contribution in [3.05, 3.63) is 57.6 Å². The smallest absolute Gasteiger partial charge is 0.349 e. The maximum atomic E-state index is 11.7. The molecule has 3 nitrogen and oxygen atoms in total. The molecular formula is C16H14Cl2O3. The summed E-state index contributed by atoms with van der Waals surface area (Å²) in [5.41, 5.74) is 1.73. The maximum absolute atomic E-state index is 11.7. The summed E-state index contributed by atoms with van der Waals surface area (Å²) in [5, 5.41) is 1.28. The zero-order chi connectivity index (χ0) is 15.4. The molecule has 0 aliphatic carbocycles. The predicted octanol–water partition coefficient (Wildman–Crippen LogP) is 4.59. The molecule has 0 aliphatic heterocycles. The summed E-state index contributed by atoms with van der Waals surface area (Å²) in [7, 11) is 0. The van der Waals surface area contributed by atoms with E-state index in [2.05, 4.69) is 0 Å². The summed E-state index contributed by atoms with van der Waals surface area (Å²) in [4.78, 5) is 11.7. The number of hydrogen-bond acceptors (Lipinski definition) is 3. The van der Waals surface area contributed by atoms with Crippen molar-refractivity contribution in [1.29, 1.82) is 0 Å². The number of halogens is 2. The first-order chi connectivity index (χ1) is 9.95. The van der Waals surface area contributed by atoms with Gasteiger partial charge in [0.05, 0.1) is 0 Å². The molecule has 5 heteroatoms. The first-order valence-electron chi connectivity index (χ1n) is 6.31. The molecule has 0 spiro atoms. The van der Waals surface area contributed by atoms with E-state index >= 15 is 0 Å². The minimum Gasteiger partial charge on any atom is -0.482 e. The minimum absolute atomic E-state index is 0.178. The molecule has 0 N–H and O–H groups in total. The first kappa shape index (κ1) is 15.7. The monoisotopic (exact) mass is 324 g/mol. The van der Waals surface area contributed by atoms with Crippen LogP contribution in [0.5, 0.6) is 11.5 Å². The zero-order valence-corrected chi connectivity index (χ0v) is 13.2. The minimum atomic E-state index is -0.482. The molecule has 0 unspecified atom stereocenters. The van der Waals surface area contributed by atoms with Crippen LogP contribution in [-0.2, 0) is 4.79 Å². The largest absolute Gasteiger partial charge is 0.482 e. The summed E-state index contributed by atoms with van der Waals surface area (Å²) >= 11 is 11.8. The van der Waals surface area contributed by atoms with Gasteiger partial charge in [-0.1, -0.05) is 23.2 Å². The molecule has 0 heterocycles. The Morgan fingerprint density at radius 3 is 2.05 bits per heavy atom. The Kier molecular flexibility index (Phi) is 5.10. The van der Waals surface area contributed by atoms with E-state index in [4.69, 9.17) is 32.7 Å². The van der Waals surface area contributed by atoms with Gasteiger partial charge in [0.1, 0.15) is 11.5 Å². The van der Waals surface area contributed by atoms with Crippen LogP contribution in [0.4, 0.5) is 0 Å². The molecule has 0 saturated carbocycles. The van der Waals surface area contributed by atoms with Gasteiger partial charge in [0.25, 0.3) is 0 Å². The van der Waals surface area contributed by atoms with Crippen LogP contribution in [0.3, 0.4) is 0 Å². The molecule has 21 heavy (non-hydrogen) atoms. The first-order valence-corrected chi connectivity index (χ1v) is 7.07. The van der Waals surface area contributed by atoms with E-state index in [1.807, 2.05) is 13.8 Å². The van der Waals surface area contributed by atoms with Gasteiger partial charge in [0.2, 0.25) is 0 Å². The van der Waals surface area contributed by atoms with Gasteiger partial charge in [-0.05, 0) is 61.4 Å². The number of carbonyl (C=O) groups is 1. The highest BCUT2D eigenvalue weighted by Gasteiger charge is 2.08. The highest BCUT2D eigenvalue weighted by molar-refractivity contribution is 6.31. The highest BCUT2D eigenvalue weighted by atomic mass is 35.5. The van der Waals surface area contributed by atoms with Gasteiger partial charge in [-0.3, -0.25) is 0 Å². The van der Waals surface area contributed by atoms with Crippen LogP contribution in [0.15, 0.2) is 36.4 Å². The second-order valence-corrected chi connectivity index (χ2v) is 5.40. The molecule has 0 amide bonds. The van der Waals surface area contributed by atoms with Gasteiger partial charge in [-0.25, -0.2) is 4.79 Å². The lowest BCUT2D eigenvalue weighted by Crippen LogP contribution is -2.17. The molecule has 110 valence electrons. The van der Waals surface area contributed by atoms with Gasteiger partial charge >= 0.3 is 5.97 Å². The van der Waals surface area contributed by atoms with Crippen LogP contribution in [0.2, 0.25) is 10.0 Å². The van der Waals surface area contributed by atoms with Crippen LogP contribution in [0, 0.1) is 13.8 Å². The standard InChI is InChI=1S/C16H14Cl2O3/c1-10-7-12(3-5-14(10)17)20-9-16(19)21-13-4-6-15(18)11(2)8-13/h3-8H,9H2,1-2H3. The number of ether oxygens (including phenoxy) is 2. The molecule has 2 rings (SSSR count). The second-order valence-electron chi connectivity index (χ2n) is 4.58. The Hall–Kier alpha value is -1.71. The Bertz CT molecular complexity index is 669. The molecule has 2 aromatic carbocycles. The van der Waals surface area contributed by atoms with Crippen molar-refractivity contribution in [2.45, 2.75) is 13.8 Å². The molecule has 2 aromatic rings. The number of rotatable bonds is 4. The third kappa shape index (κ3) is 4.38. The van der Waals surface area contributed by atoms with Gasteiger partial charge in [0, 0.05) is 10.0 Å². The number of benzene rings is 2. The Morgan fingerprint density at radius 1 is 0.952 bits per heavy atom. The van der Waals surface area contributed by atoms with Crippen LogP contribution in [0.25, 0.3) is 0 Å². The van der Waals surface area contributed by atoms with Crippen LogP contribution in [-0.4, -0.2) is 12.6 Å². The van der Waals surface area contributed by atoms with Crippen molar-refractivity contribution in [2.24, 2.45) is 0 Å². The second kappa shape index (κ2) is 6.83. The van der Waals surface area contributed by atoms with E-state index < -0.39 is 5.97 Å². The van der Waals surface area contributed by atoms with E-state index in [0.717, 1.165) is 11.1 Å². The third-order valence-corrected chi connectivity index (χ3v) is 3.70. The molecule has 0 aromatic heterocycles. The highest BCUT2D eigenvalue weighted by Crippen LogP contribution is 2.22. The summed E-state index contributed by atoms with van der Waals surface area (Å²) in [6, 6.07) is 10.2. The average Bonchev–Trinajstić information content (AvgIpc) is 2.44. The fourth-order valence-electron chi connectivity index (χ4n) is 1.69. The number of hydrogen-bond donors (Lipinski definition) is 0. The lowest BCUT2D eigenvalue weighted by atomic mass is 10.2. The predicted molar refractivity (Wildman–Crippen MR) is 83.5 cm³/mol. The third-order valence-electron chi connectivity index (χ3n) is 2.85. The van der Waals surface area contributed by atoms with E-state index in [1.54, 1.807) is 36.4 Å². The van der Waals surface area contributed by atoms with E-state index in [-0.39, 0.29) is 6.61 Å². The normalized spacial score (nSPS) is 10.3. The molecule has 0 bridgehead atoms. The molecule has 0 aliphatic rings. The fraction of sp³-hybridized carbons (Fsp3) is 0.188. The van der Waals surface area contributed by atoms with Crippen molar-refractivity contribution in [3.63, 3.8) is 0 Å². The van der Waals surface area contributed by atoms with Gasteiger partial charge in [0.15, 0.2) is 6.61 Å². The average molecular weight is 325 g/mol. The van der Waals surface area contributed by atoms with E-state index in [1.165, 1.54) is 0 Å². The van der Waals surface area contributed by atoms with Crippen molar-refractivity contribution < 1.29 is 14.3 Å². The maximum Gasteiger partial charge on any atom is 0.349 e. The summed E-state index contributed by atoms with van der Waals surface area (Å²) in [5.74, 6) is 0.531. The Labute approximate surface area is 133 Å². The van der Waals surface area contributed by atoms with E-state index in [0.29, 0.717) is 21.5 Å². The Morgan fingerprint density at radius 2 is 1.48 bits per heavy atom. The fourth-order valence-corrected chi connectivity index (χ4v) is 1.93. The Balaban J connectivity index is 1.92. The van der Waals surface area contributed by atoms with Crippen LogP contribution >= 0.6 is 23.2 Å². The molecule has 0 atom stereocenters. The van der Waals surface area contributed by atoms with Crippen LogP contribution in [0.1, 0.15) is 11.1 Å². The lowest BCUT2D eigenvalue weighted by molar-refractivity contribution is -0.136. The number of esters is 1. The van der Waals surface area contributed by atoms with Gasteiger partial charge < -0.3 is 9.47 Å². The number of aryl methyl sites for hydroxylation is 2. The van der Waals surface area contributed by atoms with Crippen LogP contribution < -0.4 is 9.47 Å². The molecule has 0 saturated heterocycles. The quantitative estimate of drug-likeness (QED) is 0.609. The number of carbonyl (C=O) groups excluding carboxylic acids is 1. The zero-order valence-electron chi connectivity index (χ0n) is 11.7. The molecule has 0 fully saturated rings. The molecule has 0 radical (unpaired) electrons. The van der Waals surface area contributed by atoms with Gasteiger partial charge in [-0.15, -0.1) is 0 Å². The van der Waals surface area contributed by atoms with Crippen molar-refractivity contribution in [2.75, 3.05) is 6.61 Å².